The Morgan fingerprint density at radius 3 is 2.42 bits per heavy atom. The second-order valence-corrected chi connectivity index (χ2v) is 12.6. The van der Waals surface area contributed by atoms with Crippen LogP contribution >= 0.6 is 0 Å². The molecule has 0 fully saturated rings. The van der Waals surface area contributed by atoms with Crippen molar-refractivity contribution in [3.8, 4) is 11.1 Å². The van der Waals surface area contributed by atoms with Gasteiger partial charge >= 0.3 is 6.09 Å². The molecular formula is C30H31FN4O4S. The smallest absolute Gasteiger partial charge is 0.410 e. The molecule has 10 heteroatoms. The van der Waals surface area contributed by atoms with Crippen LogP contribution < -0.4 is 5.73 Å². The first-order valence-corrected chi connectivity index (χ1v) is 14.3. The molecular weight excluding hydrogens is 531 g/mol. The van der Waals surface area contributed by atoms with Crippen LogP contribution in [0.4, 0.5) is 14.9 Å². The highest BCUT2D eigenvalue weighted by Gasteiger charge is 2.30. The molecule has 0 unspecified atom stereocenters. The van der Waals surface area contributed by atoms with Gasteiger partial charge in [0, 0.05) is 35.9 Å². The van der Waals surface area contributed by atoms with E-state index >= 15 is 0 Å². The lowest BCUT2D eigenvalue weighted by atomic mass is 10.0. The van der Waals surface area contributed by atoms with Crippen LogP contribution in [0.5, 0.6) is 0 Å². The molecule has 3 heterocycles. The van der Waals surface area contributed by atoms with Gasteiger partial charge in [-0.2, -0.15) is 0 Å². The number of carbonyl (C=O) groups is 1. The molecule has 40 heavy (non-hydrogen) atoms. The fraction of sp³-hybridized carbons (Fsp3) is 0.267. The quantitative estimate of drug-likeness (QED) is 0.306. The lowest BCUT2D eigenvalue weighted by molar-refractivity contribution is 0.0270. The number of ether oxygens (including phenoxy) is 1. The van der Waals surface area contributed by atoms with E-state index in [2.05, 4.69) is 4.98 Å². The van der Waals surface area contributed by atoms with Crippen LogP contribution in [0.15, 0.2) is 71.8 Å². The van der Waals surface area contributed by atoms with Crippen molar-refractivity contribution < 1.29 is 22.3 Å². The molecule has 0 saturated carbocycles. The monoisotopic (exact) mass is 562 g/mol. The topological polar surface area (TPSA) is 108 Å². The van der Waals surface area contributed by atoms with Gasteiger partial charge < -0.3 is 15.4 Å². The van der Waals surface area contributed by atoms with E-state index in [-0.39, 0.29) is 22.7 Å². The minimum atomic E-state index is -4.10. The number of nitrogen functional groups attached to an aromatic ring is 1. The van der Waals surface area contributed by atoms with E-state index in [0.29, 0.717) is 35.3 Å². The maximum atomic E-state index is 15.0. The number of hydrogen-bond donors (Lipinski definition) is 1. The average Bonchev–Trinajstić information content (AvgIpc) is 3.30. The number of anilines is 1. The van der Waals surface area contributed by atoms with Crippen molar-refractivity contribution in [2.75, 3.05) is 18.8 Å². The van der Waals surface area contributed by atoms with Crippen LogP contribution in [0.1, 0.15) is 38.4 Å². The number of carbonyl (C=O) groups excluding carboxylic acids is 1. The van der Waals surface area contributed by atoms with Gasteiger partial charge in [-0.15, -0.1) is 0 Å². The van der Waals surface area contributed by atoms with Crippen molar-refractivity contribution in [1.29, 1.82) is 0 Å². The van der Waals surface area contributed by atoms with Crippen LogP contribution in [0.2, 0.25) is 0 Å². The first kappa shape index (κ1) is 27.4. The molecule has 2 aromatic heterocycles. The number of hydrogen-bond acceptors (Lipinski definition) is 6. The Bertz CT molecular complexity index is 1750. The number of rotatable bonds is 4. The third kappa shape index (κ3) is 5.19. The molecule has 2 N–H and O–H groups in total. The SMILES string of the molecule is Cc1ccc(S(=O)(=O)n2c(C3=CCN(C(=O)OC(C)(C)C)CC3)cc3c(-c4cc(N)ccc4F)ccnc32)cc1. The largest absolute Gasteiger partial charge is 0.444 e. The lowest BCUT2D eigenvalue weighted by Crippen LogP contribution is -2.39. The highest BCUT2D eigenvalue weighted by atomic mass is 32.2. The average molecular weight is 563 g/mol. The van der Waals surface area contributed by atoms with E-state index in [1.54, 1.807) is 62.1 Å². The summed E-state index contributed by atoms with van der Waals surface area (Å²) in [6.07, 6.45) is 3.24. The van der Waals surface area contributed by atoms with Gasteiger partial charge in [0.2, 0.25) is 0 Å². The molecule has 0 saturated heterocycles. The van der Waals surface area contributed by atoms with Crippen LogP contribution in [0.3, 0.4) is 0 Å². The summed E-state index contributed by atoms with van der Waals surface area (Å²) in [5, 5.41) is 0.466. The van der Waals surface area contributed by atoms with Gasteiger partial charge in [0.05, 0.1) is 10.6 Å². The molecule has 1 amide bonds. The van der Waals surface area contributed by atoms with E-state index in [4.69, 9.17) is 10.5 Å². The fourth-order valence-electron chi connectivity index (χ4n) is 4.74. The standard InChI is InChI=1S/C30H31FN4O4S/c1-19-5-8-22(9-6-19)40(37,38)35-27(20-12-15-34(16-13-20)29(36)39-30(2,3)4)18-25-23(11-14-33-28(25)35)24-17-21(32)7-10-26(24)31/h5-12,14,17-18H,13,15-16,32H2,1-4H3. The Labute approximate surface area is 232 Å². The van der Waals surface area contributed by atoms with Crippen molar-refractivity contribution in [3.63, 3.8) is 0 Å². The molecule has 1 aliphatic rings. The number of nitrogens with zero attached hydrogens (tertiary/aromatic N) is 3. The Kier molecular flexibility index (Phi) is 6.91. The minimum absolute atomic E-state index is 0.103. The van der Waals surface area contributed by atoms with E-state index in [1.807, 2.05) is 13.0 Å². The Balaban J connectivity index is 1.69. The van der Waals surface area contributed by atoms with Crippen molar-refractivity contribution in [2.45, 2.75) is 44.6 Å². The molecule has 0 spiro atoms. The van der Waals surface area contributed by atoms with Gasteiger partial charge in [-0.25, -0.2) is 26.6 Å². The molecule has 4 aromatic rings. The van der Waals surface area contributed by atoms with Gasteiger partial charge in [0.1, 0.15) is 11.4 Å². The van der Waals surface area contributed by atoms with Gasteiger partial charge in [0.25, 0.3) is 10.0 Å². The highest BCUT2D eigenvalue weighted by molar-refractivity contribution is 7.90. The number of fused-ring (bicyclic) bond motifs is 1. The zero-order chi connectivity index (χ0) is 28.8. The first-order chi connectivity index (χ1) is 18.8. The summed E-state index contributed by atoms with van der Waals surface area (Å²) in [7, 11) is -4.10. The van der Waals surface area contributed by atoms with Crippen LogP contribution in [0.25, 0.3) is 27.7 Å². The van der Waals surface area contributed by atoms with Gasteiger partial charge in [0.15, 0.2) is 5.65 Å². The first-order valence-electron chi connectivity index (χ1n) is 12.9. The van der Waals surface area contributed by atoms with E-state index in [9.17, 15) is 17.6 Å². The fourth-order valence-corrected chi connectivity index (χ4v) is 6.23. The Morgan fingerprint density at radius 2 is 1.77 bits per heavy atom. The molecule has 0 atom stereocenters. The number of amides is 1. The maximum Gasteiger partial charge on any atom is 0.410 e. The minimum Gasteiger partial charge on any atom is -0.444 e. The molecule has 2 aromatic carbocycles. The predicted molar refractivity (Wildman–Crippen MR) is 154 cm³/mol. The second-order valence-electron chi connectivity index (χ2n) is 10.9. The molecule has 1 aliphatic heterocycles. The Morgan fingerprint density at radius 1 is 1.05 bits per heavy atom. The maximum absolute atomic E-state index is 15.0. The number of halogens is 1. The van der Waals surface area contributed by atoms with Crippen molar-refractivity contribution in [3.05, 3.63) is 83.9 Å². The lowest BCUT2D eigenvalue weighted by Gasteiger charge is -2.29. The summed E-state index contributed by atoms with van der Waals surface area (Å²) in [6.45, 7) is 7.89. The summed E-state index contributed by atoms with van der Waals surface area (Å²) in [6, 6.07) is 14.2. The van der Waals surface area contributed by atoms with Crippen molar-refractivity contribution in [1.82, 2.24) is 13.9 Å². The number of aryl methyl sites for hydroxylation is 1. The van der Waals surface area contributed by atoms with Gasteiger partial charge in [-0.3, -0.25) is 0 Å². The number of benzene rings is 2. The van der Waals surface area contributed by atoms with Crippen LogP contribution in [-0.4, -0.2) is 47.1 Å². The summed E-state index contributed by atoms with van der Waals surface area (Å²) < 4.78 is 49.9. The molecule has 0 radical (unpaired) electrons. The number of nitrogens with two attached hydrogens (primary N) is 1. The summed E-state index contributed by atoms with van der Waals surface area (Å²) in [5.74, 6) is -0.484. The third-order valence-corrected chi connectivity index (χ3v) is 8.41. The van der Waals surface area contributed by atoms with Crippen LogP contribution in [-0.2, 0) is 14.8 Å². The Hall–Kier alpha value is -4.18. The highest BCUT2D eigenvalue weighted by Crippen LogP contribution is 2.37. The van der Waals surface area contributed by atoms with Crippen molar-refractivity contribution >= 4 is 38.4 Å². The molecule has 5 rings (SSSR count). The summed E-state index contributed by atoms with van der Waals surface area (Å²) >= 11 is 0. The molecule has 0 aliphatic carbocycles. The summed E-state index contributed by atoms with van der Waals surface area (Å²) in [5.41, 5.74) is 8.66. The predicted octanol–water partition coefficient (Wildman–Crippen LogP) is 5.99. The zero-order valence-electron chi connectivity index (χ0n) is 22.8. The van der Waals surface area contributed by atoms with Crippen molar-refractivity contribution in [2.24, 2.45) is 0 Å². The van der Waals surface area contributed by atoms with Gasteiger partial charge in [-0.05, 0) is 87.7 Å². The molecule has 208 valence electrons. The zero-order valence-corrected chi connectivity index (χ0v) is 23.6. The van der Waals surface area contributed by atoms with E-state index in [0.717, 1.165) is 11.1 Å². The molecule has 8 nitrogen and oxygen atoms in total. The van der Waals surface area contributed by atoms with Gasteiger partial charge in [-0.1, -0.05) is 23.8 Å². The summed E-state index contributed by atoms with van der Waals surface area (Å²) in [4.78, 5) is 18.7. The second kappa shape index (κ2) is 10.1. The number of pyridine rings is 1. The number of aromatic nitrogens is 2. The van der Waals surface area contributed by atoms with E-state index < -0.39 is 27.5 Å². The van der Waals surface area contributed by atoms with E-state index in [1.165, 1.54) is 28.4 Å². The third-order valence-electron chi connectivity index (χ3n) is 6.69. The molecule has 0 bridgehead atoms. The van der Waals surface area contributed by atoms with Crippen LogP contribution in [0, 0.1) is 12.7 Å². The normalized spacial score (nSPS) is 14.3.